The highest BCUT2D eigenvalue weighted by atomic mass is 32.2. The van der Waals surface area contributed by atoms with Crippen LogP contribution in [0.2, 0.25) is 0 Å². The Bertz CT molecular complexity index is 718. The standard InChI is InChI=1S/C20H26N2O2S2/c1-13(2)16-10-9-14(3)11-17(16)24-19(23)18-20(26-22-21-18)25-12-15-7-5-4-6-8-15/h4-8,13-14,16-17H,9-12H2,1-3H3/t14-,16+,17?/m1/s1. The van der Waals surface area contributed by atoms with Crippen molar-refractivity contribution in [2.75, 3.05) is 0 Å². The lowest BCUT2D eigenvalue weighted by atomic mass is 9.75. The highest BCUT2D eigenvalue weighted by Gasteiger charge is 2.34. The van der Waals surface area contributed by atoms with Crippen LogP contribution in [-0.4, -0.2) is 21.7 Å². The first-order chi connectivity index (χ1) is 12.5. The fourth-order valence-electron chi connectivity index (χ4n) is 3.57. The zero-order chi connectivity index (χ0) is 18.5. The number of carbonyl (C=O) groups is 1. The van der Waals surface area contributed by atoms with Gasteiger partial charge in [-0.05, 0) is 47.7 Å². The molecule has 140 valence electrons. The van der Waals surface area contributed by atoms with Crippen LogP contribution in [0.25, 0.3) is 0 Å². The summed E-state index contributed by atoms with van der Waals surface area (Å²) in [5.74, 6) is 2.02. The quantitative estimate of drug-likeness (QED) is 0.485. The van der Waals surface area contributed by atoms with Crippen molar-refractivity contribution in [3.8, 4) is 0 Å². The van der Waals surface area contributed by atoms with E-state index in [9.17, 15) is 4.79 Å². The minimum atomic E-state index is -0.320. The molecule has 0 saturated heterocycles. The first-order valence-corrected chi connectivity index (χ1v) is 11.0. The van der Waals surface area contributed by atoms with Crippen molar-refractivity contribution in [1.82, 2.24) is 9.59 Å². The molecule has 0 amide bonds. The molecule has 3 atom stereocenters. The van der Waals surface area contributed by atoms with Gasteiger partial charge in [-0.3, -0.25) is 0 Å². The average Bonchev–Trinajstić information content (AvgIpc) is 3.09. The summed E-state index contributed by atoms with van der Waals surface area (Å²) in [5, 5.41) is 4.06. The highest BCUT2D eigenvalue weighted by molar-refractivity contribution is 8.00. The molecule has 6 heteroatoms. The molecule has 0 aliphatic heterocycles. The Labute approximate surface area is 163 Å². The third-order valence-electron chi connectivity index (χ3n) is 5.08. The number of esters is 1. The van der Waals surface area contributed by atoms with E-state index in [1.165, 1.54) is 23.5 Å². The summed E-state index contributed by atoms with van der Waals surface area (Å²) in [7, 11) is 0. The maximum atomic E-state index is 12.7. The van der Waals surface area contributed by atoms with Gasteiger partial charge in [0.25, 0.3) is 0 Å². The molecule has 3 rings (SSSR count). The molecule has 1 aromatic heterocycles. The minimum absolute atomic E-state index is 0.0140. The van der Waals surface area contributed by atoms with Gasteiger partial charge in [0.05, 0.1) is 0 Å². The summed E-state index contributed by atoms with van der Waals surface area (Å²) in [6, 6.07) is 10.2. The number of thioether (sulfide) groups is 1. The van der Waals surface area contributed by atoms with E-state index >= 15 is 0 Å². The van der Waals surface area contributed by atoms with Crippen LogP contribution in [0.3, 0.4) is 0 Å². The summed E-state index contributed by atoms with van der Waals surface area (Å²) in [5.41, 5.74) is 1.59. The fraction of sp³-hybridized carbons (Fsp3) is 0.550. The molecule has 4 nitrogen and oxygen atoms in total. The zero-order valence-electron chi connectivity index (χ0n) is 15.6. The molecular formula is C20H26N2O2S2. The van der Waals surface area contributed by atoms with Crippen LogP contribution in [-0.2, 0) is 10.5 Å². The van der Waals surface area contributed by atoms with Crippen LogP contribution in [0.1, 0.15) is 56.1 Å². The number of carbonyl (C=O) groups excluding carboxylic acids is 1. The van der Waals surface area contributed by atoms with E-state index < -0.39 is 0 Å². The molecule has 0 spiro atoms. The second-order valence-corrected chi connectivity index (χ2v) is 9.45. The number of benzene rings is 1. The summed E-state index contributed by atoms with van der Waals surface area (Å²) >= 11 is 2.87. The Hall–Kier alpha value is -1.40. The molecule has 1 aliphatic carbocycles. The number of hydrogen-bond acceptors (Lipinski definition) is 6. The molecule has 0 N–H and O–H groups in total. The lowest BCUT2D eigenvalue weighted by Gasteiger charge is -2.36. The summed E-state index contributed by atoms with van der Waals surface area (Å²) < 4.78 is 10.7. The van der Waals surface area contributed by atoms with Gasteiger partial charge in [0.15, 0.2) is 5.69 Å². The molecule has 1 aromatic carbocycles. The molecule has 0 radical (unpaired) electrons. The smallest absolute Gasteiger partial charge is 0.361 e. The van der Waals surface area contributed by atoms with E-state index in [2.05, 4.69) is 42.5 Å². The van der Waals surface area contributed by atoms with E-state index in [-0.39, 0.29) is 12.1 Å². The maximum Gasteiger partial charge on any atom is 0.361 e. The van der Waals surface area contributed by atoms with Crippen LogP contribution in [0, 0.1) is 17.8 Å². The van der Waals surface area contributed by atoms with Crippen LogP contribution in [0.15, 0.2) is 34.5 Å². The monoisotopic (exact) mass is 390 g/mol. The molecule has 0 bridgehead atoms. The Morgan fingerprint density at radius 2 is 2.08 bits per heavy atom. The van der Waals surface area contributed by atoms with Gasteiger partial charge < -0.3 is 4.74 Å². The van der Waals surface area contributed by atoms with Gasteiger partial charge >= 0.3 is 5.97 Å². The van der Waals surface area contributed by atoms with Crippen molar-refractivity contribution in [2.45, 2.75) is 56.1 Å². The third kappa shape index (κ3) is 4.86. The predicted octanol–water partition coefficient (Wildman–Crippen LogP) is 5.45. The average molecular weight is 391 g/mol. The van der Waals surface area contributed by atoms with Gasteiger partial charge in [-0.2, -0.15) is 0 Å². The first-order valence-electron chi connectivity index (χ1n) is 9.24. The number of rotatable bonds is 6. The van der Waals surface area contributed by atoms with E-state index in [1.807, 2.05) is 18.2 Å². The Balaban J connectivity index is 1.65. The molecule has 1 saturated carbocycles. The summed E-state index contributed by atoms with van der Waals surface area (Å²) in [6.07, 6.45) is 3.27. The third-order valence-corrected chi connectivity index (χ3v) is 7.12. The van der Waals surface area contributed by atoms with E-state index in [1.54, 1.807) is 11.8 Å². The fourth-order valence-corrected chi connectivity index (χ4v) is 5.21. The number of hydrogen-bond donors (Lipinski definition) is 0. The van der Waals surface area contributed by atoms with Gasteiger partial charge in [-0.15, -0.1) is 16.9 Å². The molecular weight excluding hydrogens is 364 g/mol. The molecule has 1 aliphatic rings. The van der Waals surface area contributed by atoms with Crippen LogP contribution < -0.4 is 0 Å². The van der Waals surface area contributed by atoms with Gasteiger partial charge in [0.1, 0.15) is 10.3 Å². The van der Waals surface area contributed by atoms with Crippen molar-refractivity contribution < 1.29 is 9.53 Å². The Morgan fingerprint density at radius 1 is 1.31 bits per heavy atom. The topological polar surface area (TPSA) is 52.1 Å². The minimum Gasteiger partial charge on any atom is -0.457 e. The second kappa shape index (κ2) is 9.00. The van der Waals surface area contributed by atoms with Crippen molar-refractivity contribution in [3.05, 3.63) is 41.6 Å². The van der Waals surface area contributed by atoms with Crippen molar-refractivity contribution in [3.63, 3.8) is 0 Å². The van der Waals surface area contributed by atoms with Gasteiger partial charge in [0.2, 0.25) is 0 Å². The molecule has 2 aromatic rings. The van der Waals surface area contributed by atoms with Crippen LogP contribution in [0.4, 0.5) is 0 Å². The second-order valence-electron chi connectivity index (χ2n) is 7.45. The highest BCUT2D eigenvalue weighted by Crippen LogP contribution is 2.36. The number of aromatic nitrogens is 2. The normalized spacial score (nSPS) is 23.2. The maximum absolute atomic E-state index is 12.7. The molecule has 26 heavy (non-hydrogen) atoms. The molecule has 1 heterocycles. The molecule has 1 fully saturated rings. The predicted molar refractivity (Wildman–Crippen MR) is 106 cm³/mol. The number of nitrogens with zero attached hydrogens (tertiary/aromatic N) is 2. The zero-order valence-corrected chi connectivity index (χ0v) is 17.2. The summed E-state index contributed by atoms with van der Waals surface area (Å²) in [4.78, 5) is 12.7. The van der Waals surface area contributed by atoms with E-state index in [0.29, 0.717) is 23.4 Å². The van der Waals surface area contributed by atoms with Crippen molar-refractivity contribution in [1.29, 1.82) is 0 Å². The molecule has 1 unspecified atom stereocenters. The lowest BCUT2D eigenvalue weighted by molar-refractivity contribution is -0.0181. The SMILES string of the molecule is CC(C)[C@@H]1CC[C@@H](C)CC1OC(=O)c1nnsc1SCc1ccccc1. The van der Waals surface area contributed by atoms with Gasteiger partial charge in [-0.1, -0.05) is 62.0 Å². The van der Waals surface area contributed by atoms with Crippen LogP contribution in [0.5, 0.6) is 0 Å². The van der Waals surface area contributed by atoms with Gasteiger partial charge in [-0.25, -0.2) is 4.79 Å². The van der Waals surface area contributed by atoms with E-state index in [4.69, 9.17) is 4.74 Å². The van der Waals surface area contributed by atoms with Gasteiger partial charge in [0, 0.05) is 5.75 Å². The Kier molecular flexibility index (Phi) is 6.70. The Morgan fingerprint density at radius 3 is 2.81 bits per heavy atom. The summed E-state index contributed by atoms with van der Waals surface area (Å²) in [6.45, 7) is 6.67. The first kappa shape index (κ1) is 19.4. The van der Waals surface area contributed by atoms with Crippen molar-refractivity contribution >= 4 is 29.3 Å². The van der Waals surface area contributed by atoms with E-state index in [0.717, 1.165) is 22.8 Å². The van der Waals surface area contributed by atoms with Crippen LogP contribution >= 0.6 is 23.3 Å². The largest absolute Gasteiger partial charge is 0.457 e. The van der Waals surface area contributed by atoms with Crippen molar-refractivity contribution in [2.24, 2.45) is 17.8 Å². The number of ether oxygens (including phenoxy) is 1. The lowest BCUT2D eigenvalue weighted by Crippen LogP contribution is -2.36.